The lowest BCUT2D eigenvalue weighted by molar-refractivity contribution is 0.0892. The first-order valence-electron chi connectivity index (χ1n) is 7.85. The normalized spacial score (nSPS) is 23.1. The maximum atomic E-state index is 12.5. The number of aromatic nitrogens is 2. The van der Waals surface area contributed by atoms with Crippen molar-refractivity contribution >= 4 is 21.8 Å². The fourth-order valence-corrected chi connectivity index (χ4v) is 3.66. The molecule has 0 saturated heterocycles. The lowest BCUT2D eigenvalue weighted by Gasteiger charge is -2.37. The predicted octanol–water partition coefficient (Wildman–Crippen LogP) is 4.00. The molecule has 0 aliphatic heterocycles. The van der Waals surface area contributed by atoms with Crippen LogP contribution in [0.25, 0.3) is 0 Å². The molecule has 0 atom stereocenters. The minimum Gasteiger partial charge on any atom is -0.348 e. The molecule has 1 aliphatic carbocycles. The highest BCUT2D eigenvalue weighted by Crippen LogP contribution is 2.37. The fourth-order valence-electron chi connectivity index (χ4n) is 3.19. The van der Waals surface area contributed by atoms with E-state index in [4.69, 9.17) is 0 Å². The lowest BCUT2D eigenvalue weighted by Crippen LogP contribution is -2.40. The molecule has 1 aliphatic rings. The monoisotopic (exact) mass is 355 g/mol. The summed E-state index contributed by atoms with van der Waals surface area (Å²) in [7, 11) is 0. The van der Waals surface area contributed by atoms with Gasteiger partial charge in [0.25, 0.3) is 5.91 Å². The van der Waals surface area contributed by atoms with Crippen LogP contribution in [0.2, 0.25) is 0 Å². The summed E-state index contributed by atoms with van der Waals surface area (Å²) in [4.78, 5) is 12.5. The summed E-state index contributed by atoms with van der Waals surface area (Å²) in [5, 5.41) is 7.38. The highest BCUT2D eigenvalue weighted by molar-refractivity contribution is 9.10. The molecule has 0 aromatic carbocycles. The second-order valence-electron chi connectivity index (χ2n) is 7.04. The summed E-state index contributed by atoms with van der Waals surface area (Å²) in [5.41, 5.74) is 1.01. The molecule has 21 heavy (non-hydrogen) atoms. The largest absolute Gasteiger partial charge is 0.348 e. The number of nitrogens with one attached hydrogen (secondary N) is 1. The number of hydrogen-bond acceptors (Lipinski definition) is 2. The van der Waals surface area contributed by atoms with Gasteiger partial charge in [-0.1, -0.05) is 20.8 Å². The first-order valence-corrected chi connectivity index (χ1v) is 8.64. The van der Waals surface area contributed by atoms with Crippen LogP contribution in [0.1, 0.15) is 63.9 Å². The summed E-state index contributed by atoms with van der Waals surface area (Å²) < 4.78 is 2.51. The van der Waals surface area contributed by atoms with Gasteiger partial charge in [0, 0.05) is 12.6 Å². The fraction of sp³-hybridized carbons (Fsp3) is 0.750. The van der Waals surface area contributed by atoms with Crippen molar-refractivity contribution in [2.75, 3.05) is 0 Å². The Kier molecular flexibility index (Phi) is 5.12. The van der Waals surface area contributed by atoms with Crippen LogP contribution in [0.15, 0.2) is 10.7 Å². The van der Waals surface area contributed by atoms with Gasteiger partial charge in [-0.25, -0.2) is 0 Å². The van der Waals surface area contributed by atoms with Crippen molar-refractivity contribution in [3.05, 3.63) is 16.4 Å². The third-order valence-electron chi connectivity index (χ3n) is 4.60. The quantitative estimate of drug-likeness (QED) is 0.890. The standard InChI is InChI=1S/C16H26BrN3O/c1-5-20-14(13(17)10-18-20)15(21)19-12-8-6-11(7-9-12)16(2,3)4/h10-12H,5-9H2,1-4H3,(H,19,21). The van der Waals surface area contributed by atoms with Gasteiger partial charge in [-0.15, -0.1) is 0 Å². The summed E-state index contributed by atoms with van der Waals surface area (Å²) in [5.74, 6) is 0.749. The highest BCUT2D eigenvalue weighted by Gasteiger charge is 2.30. The maximum absolute atomic E-state index is 12.5. The molecule has 0 bridgehead atoms. The number of halogens is 1. The number of aryl methyl sites for hydroxylation is 1. The van der Waals surface area contributed by atoms with Gasteiger partial charge in [-0.3, -0.25) is 9.48 Å². The third-order valence-corrected chi connectivity index (χ3v) is 5.18. The molecule has 1 heterocycles. The second kappa shape index (κ2) is 6.51. The van der Waals surface area contributed by atoms with E-state index < -0.39 is 0 Å². The number of rotatable bonds is 3. The molecule has 0 spiro atoms. The molecule has 4 nitrogen and oxygen atoms in total. The minimum atomic E-state index is -0.0135. The third kappa shape index (κ3) is 3.87. The van der Waals surface area contributed by atoms with Gasteiger partial charge in [-0.05, 0) is 59.9 Å². The number of carbonyl (C=O) groups excluding carboxylic acids is 1. The Labute approximate surface area is 135 Å². The molecule has 1 aromatic rings. The van der Waals surface area contributed by atoms with Gasteiger partial charge in [0.05, 0.1) is 10.7 Å². The Hall–Kier alpha value is -0.840. The average Bonchev–Trinajstić information content (AvgIpc) is 2.79. The Morgan fingerprint density at radius 1 is 1.38 bits per heavy atom. The topological polar surface area (TPSA) is 46.9 Å². The Morgan fingerprint density at radius 2 is 2.00 bits per heavy atom. The zero-order valence-corrected chi connectivity index (χ0v) is 15.0. The Balaban J connectivity index is 1.94. The van der Waals surface area contributed by atoms with Crippen molar-refractivity contribution in [1.29, 1.82) is 0 Å². The van der Waals surface area contributed by atoms with Crippen molar-refractivity contribution < 1.29 is 4.79 Å². The van der Waals surface area contributed by atoms with Crippen molar-refractivity contribution in [1.82, 2.24) is 15.1 Å². The first-order chi connectivity index (χ1) is 9.82. The van der Waals surface area contributed by atoms with Crippen LogP contribution in [0.5, 0.6) is 0 Å². The second-order valence-corrected chi connectivity index (χ2v) is 7.90. The van der Waals surface area contributed by atoms with Crippen LogP contribution in [0.3, 0.4) is 0 Å². The SMILES string of the molecule is CCn1ncc(Br)c1C(=O)NC1CCC(C(C)(C)C)CC1. The van der Waals surface area contributed by atoms with Crippen molar-refractivity contribution in [2.45, 2.75) is 66.0 Å². The van der Waals surface area contributed by atoms with Crippen LogP contribution in [-0.4, -0.2) is 21.7 Å². The predicted molar refractivity (Wildman–Crippen MR) is 88.3 cm³/mol. The van der Waals surface area contributed by atoms with Crippen molar-refractivity contribution in [2.24, 2.45) is 11.3 Å². The summed E-state index contributed by atoms with van der Waals surface area (Å²) in [6.45, 7) is 9.63. The van der Waals surface area contributed by atoms with Gasteiger partial charge in [0.2, 0.25) is 0 Å². The van der Waals surface area contributed by atoms with Gasteiger partial charge >= 0.3 is 0 Å². The van der Waals surface area contributed by atoms with E-state index >= 15 is 0 Å². The molecular weight excluding hydrogens is 330 g/mol. The average molecular weight is 356 g/mol. The van der Waals surface area contributed by atoms with Crippen LogP contribution in [0, 0.1) is 11.3 Å². The van der Waals surface area contributed by atoms with Gasteiger partial charge < -0.3 is 5.32 Å². The molecule has 1 aromatic heterocycles. The summed E-state index contributed by atoms with van der Waals surface area (Å²) in [6.07, 6.45) is 6.23. The molecule has 2 rings (SSSR count). The van der Waals surface area contributed by atoms with E-state index in [0.717, 1.165) is 23.2 Å². The van der Waals surface area contributed by atoms with Crippen LogP contribution >= 0.6 is 15.9 Å². The van der Waals surface area contributed by atoms with Crippen molar-refractivity contribution in [3.63, 3.8) is 0 Å². The number of carbonyl (C=O) groups is 1. The van der Waals surface area contributed by atoms with E-state index in [1.54, 1.807) is 10.9 Å². The zero-order valence-electron chi connectivity index (χ0n) is 13.4. The van der Waals surface area contributed by atoms with Gasteiger partial charge in [0.1, 0.15) is 5.69 Å². The van der Waals surface area contributed by atoms with E-state index in [0.29, 0.717) is 23.7 Å². The molecular formula is C16H26BrN3O. The molecule has 118 valence electrons. The maximum Gasteiger partial charge on any atom is 0.270 e. The van der Waals surface area contributed by atoms with E-state index in [1.807, 2.05) is 6.92 Å². The molecule has 0 unspecified atom stereocenters. The Morgan fingerprint density at radius 3 is 2.52 bits per heavy atom. The molecule has 1 amide bonds. The first kappa shape index (κ1) is 16.5. The van der Waals surface area contributed by atoms with Crippen LogP contribution in [-0.2, 0) is 6.54 Å². The summed E-state index contributed by atoms with van der Waals surface area (Å²) in [6, 6.07) is 0.295. The Bertz CT molecular complexity index is 496. The molecule has 1 fully saturated rings. The minimum absolute atomic E-state index is 0.0135. The van der Waals surface area contributed by atoms with E-state index in [-0.39, 0.29) is 5.91 Å². The number of hydrogen-bond donors (Lipinski definition) is 1. The van der Waals surface area contributed by atoms with E-state index in [9.17, 15) is 4.79 Å². The van der Waals surface area contributed by atoms with Gasteiger partial charge in [-0.2, -0.15) is 5.10 Å². The van der Waals surface area contributed by atoms with Crippen LogP contribution in [0.4, 0.5) is 0 Å². The lowest BCUT2D eigenvalue weighted by atomic mass is 9.71. The molecule has 5 heteroatoms. The van der Waals surface area contributed by atoms with E-state index in [1.165, 1.54) is 12.8 Å². The summed E-state index contributed by atoms with van der Waals surface area (Å²) >= 11 is 3.41. The molecule has 1 N–H and O–H groups in total. The number of nitrogens with zero attached hydrogens (tertiary/aromatic N) is 2. The smallest absolute Gasteiger partial charge is 0.270 e. The highest BCUT2D eigenvalue weighted by atomic mass is 79.9. The van der Waals surface area contributed by atoms with Crippen LogP contribution < -0.4 is 5.32 Å². The number of amides is 1. The van der Waals surface area contributed by atoms with E-state index in [2.05, 4.69) is 47.1 Å². The van der Waals surface area contributed by atoms with Crippen molar-refractivity contribution in [3.8, 4) is 0 Å². The zero-order chi connectivity index (χ0) is 15.6. The van der Waals surface area contributed by atoms with Gasteiger partial charge in [0.15, 0.2) is 0 Å². The molecule has 1 saturated carbocycles. The molecule has 0 radical (unpaired) electrons.